The van der Waals surface area contributed by atoms with Gasteiger partial charge in [0.05, 0.1) is 27.9 Å². The van der Waals surface area contributed by atoms with Gasteiger partial charge in [-0.25, -0.2) is 17.6 Å². The summed E-state index contributed by atoms with van der Waals surface area (Å²) < 4.78 is 105. The molecule has 14 heteroatoms. The lowest BCUT2D eigenvalue weighted by Crippen LogP contribution is -2.55. The lowest BCUT2D eigenvalue weighted by Gasteiger charge is -2.44. The first-order valence-electron chi connectivity index (χ1n) is 16.0. The summed E-state index contributed by atoms with van der Waals surface area (Å²) in [6.07, 6.45) is -4.20. The summed E-state index contributed by atoms with van der Waals surface area (Å²) in [6.45, 7) is 13.6. The van der Waals surface area contributed by atoms with Gasteiger partial charge in [0.15, 0.2) is 23.2 Å². The Labute approximate surface area is 285 Å². The van der Waals surface area contributed by atoms with Crippen LogP contribution in [-0.4, -0.2) is 53.8 Å². The van der Waals surface area contributed by atoms with Gasteiger partial charge in [0, 0.05) is 55.5 Å². The van der Waals surface area contributed by atoms with E-state index in [1.54, 1.807) is 0 Å². The molecule has 7 nitrogen and oxygen atoms in total. The summed E-state index contributed by atoms with van der Waals surface area (Å²) in [5, 5.41) is 2.08. The number of amides is 1. The Balaban J connectivity index is 1.86. The highest BCUT2D eigenvalue weighted by Gasteiger charge is 2.38. The molecule has 0 bridgehead atoms. The highest BCUT2D eigenvalue weighted by molar-refractivity contribution is 6.07. The van der Waals surface area contributed by atoms with Crippen molar-refractivity contribution >= 4 is 23.1 Å². The van der Waals surface area contributed by atoms with E-state index in [0.29, 0.717) is 12.6 Å². The van der Waals surface area contributed by atoms with Crippen LogP contribution < -0.4 is 15.8 Å². The summed E-state index contributed by atoms with van der Waals surface area (Å²) >= 11 is 0. The Hall–Kier alpha value is -4.20. The number of H-pyrrole nitrogens is 1. The van der Waals surface area contributed by atoms with E-state index in [-0.39, 0.29) is 48.8 Å². The van der Waals surface area contributed by atoms with Gasteiger partial charge in [-0.1, -0.05) is 40.7 Å². The van der Waals surface area contributed by atoms with Crippen molar-refractivity contribution in [2.24, 2.45) is 10.8 Å². The first-order valence-corrected chi connectivity index (χ1v) is 16.0. The number of ketones is 1. The molecule has 0 saturated carbocycles. The largest absolute Gasteiger partial charge is 0.417 e. The van der Waals surface area contributed by atoms with Crippen LogP contribution in [0, 0.1) is 34.1 Å². The maximum atomic E-state index is 16.6. The number of anilines is 2. The van der Waals surface area contributed by atoms with Gasteiger partial charge in [-0.2, -0.15) is 13.2 Å². The Morgan fingerprint density at radius 3 is 2.06 bits per heavy atom. The summed E-state index contributed by atoms with van der Waals surface area (Å²) in [5.41, 5.74) is -8.27. The van der Waals surface area contributed by atoms with Crippen LogP contribution in [0.15, 0.2) is 35.3 Å². The van der Waals surface area contributed by atoms with Crippen molar-refractivity contribution in [3.05, 3.63) is 80.8 Å². The van der Waals surface area contributed by atoms with E-state index in [1.807, 2.05) is 65.4 Å². The lowest BCUT2D eigenvalue weighted by molar-refractivity contribution is -0.138. The third kappa shape index (κ3) is 8.22. The van der Waals surface area contributed by atoms with E-state index in [4.69, 9.17) is 0 Å². The normalized spacial score (nSPS) is 17.6. The molecule has 2 atom stereocenters. The minimum Gasteiger partial charge on any atom is -0.367 e. The number of nitrogens with zero attached hydrogens (tertiary/aromatic N) is 2. The van der Waals surface area contributed by atoms with Crippen LogP contribution in [0.1, 0.15) is 87.6 Å². The fourth-order valence-electron chi connectivity index (χ4n) is 6.88. The van der Waals surface area contributed by atoms with Gasteiger partial charge < -0.3 is 15.2 Å². The van der Waals surface area contributed by atoms with Crippen LogP contribution in [0.5, 0.6) is 0 Å². The zero-order valence-corrected chi connectivity index (χ0v) is 29.1. The molecule has 1 amide bonds. The van der Waals surface area contributed by atoms with Gasteiger partial charge in [0.2, 0.25) is 5.56 Å². The second-order valence-corrected chi connectivity index (χ2v) is 15.1. The molecule has 4 rings (SSSR count). The minimum atomic E-state index is -5.15. The van der Waals surface area contributed by atoms with Gasteiger partial charge in [-0.3, -0.25) is 19.3 Å². The molecular weight excluding hydrogens is 669 g/mol. The number of carbonyl (C=O) groups excluding carboxylic acids is 2. The smallest absolute Gasteiger partial charge is 0.367 e. The number of likely N-dealkylation sites (N-methyl/N-ethyl adjacent to an activating group) is 1. The fraction of sp³-hybridized carbons (Fsp3) is 0.472. The lowest BCUT2D eigenvalue weighted by atomic mass is 9.73. The highest BCUT2D eigenvalue weighted by Crippen LogP contribution is 2.42. The number of aromatic amines is 1. The standard InChI is InChI=1S/C36H41F7N4O3/c1-18-15-47(16-19(2)46(18)8)25-12-24(37)28(31(40)32(25)45-33(50)22-14-44-27(49)11-23(22)36(41,42)43)21-10-9-20(29(38)30(21)39)26(48)13-35(6,7)17-34(3,4)5/h9-12,14,18-19H,13,15-17H2,1-8H3,(H,44,49)(H,45,50)/t18-,19+. The average molecular weight is 711 g/mol. The molecule has 2 heterocycles. The van der Waals surface area contributed by atoms with E-state index in [2.05, 4.69) is 5.32 Å². The molecular formula is C36H41F7N4O3. The summed E-state index contributed by atoms with van der Waals surface area (Å²) in [6, 6.07) is 2.38. The van der Waals surface area contributed by atoms with E-state index < -0.39 is 85.6 Å². The summed E-state index contributed by atoms with van der Waals surface area (Å²) in [4.78, 5) is 43.6. The Morgan fingerprint density at radius 2 is 1.50 bits per heavy atom. The van der Waals surface area contributed by atoms with Gasteiger partial charge in [0.1, 0.15) is 11.5 Å². The number of nitrogens with one attached hydrogen (secondary N) is 2. The number of hydrogen-bond donors (Lipinski definition) is 2. The minimum absolute atomic E-state index is 0.139. The molecule has 2 N–H and O–H groups in total. The first kappa shape index (κ1) is 38.6. The fourth-order valence-corrected chi connectivity index (χ4v) is 6.88. The third-order valence-corrected chi connectivity index (χ3v) is 8.91. The van der Waals surface area contributed by atoms with Crippen LogP contribution in [0.2, 0.25) is 0 Å². The van der Waals surface area contributed by atoms with Crippen molar-refractivity contribution in [2.75, 3.05) is 30.4 Å². The molecule has 0 spiro atoms. The second-order valence-electron chi connectivity index (χ2n) is 15.1. The van der Waals surface area contributed by atoms with Gasteiger partial charge in [-0.15, -0.1) is 0 Å². The van der Waals surface area contributed by atoms with E-state index >= 15 is 17.6 Å². The molecule has 0 aliphatic carbocycles. The zero-order valence-electron chi connectivity index (χ0n) is 29.1. The highest BCUT2D eigenvalue weighted by atomic mass is 19.4. The molecule has 2 aromatic carbocycles. The van der Waals surface area contributed by atoms with Crippen LogP contribution in [0.4, 0.5) is 42.1 Å². The summed E-state index contributed by atoms with van der Waals surface area (Å²) in [5.74, 6) is -8.52. The van der Waals surface area contributed by atoms with Crippen LogP contribution in [0.3, 0.4) is 0 Å². The van der Waals surface area contributed by atoms with Crippen LogP contribution in [-0.2, 0) is 6.18 Å². The summed E-state index contributed by atoms with van der Waals surface area (Å²) in [7, 11) is 1.84. The number of alkyl halides is 3. The SMILES string of the molecule is C[C@@H]1CN(c2cc(F)c(-c3ccc(C(=O)CC(C)(C)CC(C)(C)C)c(F)c3F)c(F)c2NC(=O)c2c[nH]c(=O)cc2C(F)(F)F)C[C@H](C)N1C. The quantitative estimate of drug-likeness (QED) is 0.181. The molecule has 1 aliphatic heterocycles. The number of Topliss-reactive ketones (excluding diaryl/α,β-unsaturated/α-hetero) is 1. The topological polar surface area (TPSA) is 85.5 Å². The number of carbonyl (C=O) groups is 2. The second kappa shape index (κ2) is 13.8. The first-order chi connectivity index (χ1) is 22.9. The van der Waals surface area contributed by atoms with Crippen LogP contribution in [0.25, 0.3) is 11.1 Å². The maximum Gasteiger partial charge on any atom is 0.417 e. The Morgan fingerprint density at radius 1 is 0.900 bits per heavy atom. The number of hydrogen-bond acceptors (Lipinski definition) is 5. The molecule has 50 heavy (non-hydrogen) atoms. The Bertz CT molecular complexity index is 1850. The number of benzene rings is 2. The number of rotatable bonds is 8. The van der Waals surface area contributed by atoms with Crippen molar-refractivity contribution in [3.63, 3.8) is 0 Å². The molecule has 0 unspecified atom stereocenters. The third-order valence-electron chi connectivity index (χ3n) is 8.91. The van der Waals surface area contributed by atoms with Crippen molar-refractivity contribution in [1.29, 1.82) is 0 Å². The molecule has 272 valence electrons. The molecule has 0 radical (unpaired) electrons. The molecule has 1 saturated heterocycles. The number of aromatic nitrogens is 1. The number of pyridine rings is 1. The predicted octanol–water partition coefficient (Wildman–Crippen LogP) is 8.43. The molecule has 1 aromatic heterocycles. The predicted molar refractivity (Wildman–Crippen MR) is 177 cm³/mol. The van der Waals surface area contributed by atoms with Crippen molar-refractivity contribution < 1.29 is 40.3 Å². The zero-order chi connectivity index (χ0) is 37.7. The van der Waals surface area contributed by atoms with E-state index in [0.717, 1.165) is 18.2 Å². The van der Waals surface area contributed by atoms with Gasteiger partial charge in [-0.05, 0) is 44.2 Å². The van der Waals surface area contributed by atoms with Crippen molar-refractivity contribution in [1.82, 2.24) is 9.88 Å². The molecule has 1 fully saturated rings. The monoisotopic (exact) mass is 710 g/mol. The molecule has 1 aliphatic rings. The van der Waals surface area contributed by atoms with Crippen molar-refractivity contribution in [3.8, 4) is 11.1 Å². The van der Waals surface area contributed by atoms with Crippen molar-refractivity contribution in [2.45, 2.75) is 79.6 Å². The van der Waals surface area contributed by atoms with Gasteiger partial charge in [0.25, 0.3) is 5.91 Å². The molecule has 3 aromatic rings. The number of halogens is 7. The average Bonchev–Trinajstić information content (AvgIpc) is 2.96. The Kier molecular flexibility index (Phi) is 10.7. The van der Waals surface area contributed by atoms with Crippen LogP contribution >= 0.6 is 0 Å². The van der Waals surface area contributed by atoms with E-state index in [9.17, 15) is 27.6 Å². The maximum absolute atomic E-state index is 16.6. The van der Waals surface area contributed by atoms with Gasteiger partial charge >= 0.3 is 6.18 Å². The van der Waals surface area contributed by atoms with E-state index in [1.165, 1.54) is 4.90 Å². The number of piperazine rings is 1.